The first-order valence-corrected chi connectivity index (χ1v) is 5.72. The fourth-order valence-electron chi connectivity index (χ4n) is 1.36. The Morgan fingerprint density at radius 3 is 2.69 bits per heavy atom. The van der Waals surface area contributed by atoms with E-state index in [2.05, 4.69) is 21.2 Å². The summed E-state index contributed by atoms with van der Waals surface area (Å²) in [6, 6.07) is 4.87. The third kappa shape index (κ3) is 3.30. The van der Waals surface area contributed by atoms with Crippen molar-refractivity contribution in [1.82, 2.24) is 0 Å². The highest BCUT2D eigenvalue weighted by atomic mass is 79.9. The number of anilines is 1. The van der Waals surface area contributed by atoms with E-state index in [1.54, 1.807) is 25.1 Å². The molecule has 0 aliphatic rings. The van der Waals surface area contributed by atoms with Gasteiger partial charge in [0, 0.05) is 28.7 Å². The van der Waals surface area contributed by atoms with Gasteiger partial charge in [0.1, 0.15) is 0 Å². The number of carbonyl (C=O) groups excluding carboxylic acids is 1. The summed E-state index contributed by atoms with van der Waals surface area (Å²) in [5.74, 6) is -0.180. The molecular formula is C11H15BrN2O2. The van der Waals surface area contributed by atoms with Crippen LogP contribution in [0.2, 0.25) is 0 Å². The lowest BCUT2D eigenvalue weighted by Crippen LogP contribution is -2.25. The van der Waals surface area contributed by atoms with E-state index in [4.69, 9.17) is 5.73 Å². The molecule has 0 radical (unpaired) electrons. The van der Waals surface area contributed by atoms with E-state index < -0.39 is 12.1 Å². The van der Waals surface area contributed by atoms with Gasteiger partial charge in [-0.2, -0.15) is 0 Å². The van der Waals surface area contributed by atoms with Crippen LogP contribution < -0.4 is 11.1 Å². The number of amides is 1. The van der Waals surface area contributed by atoms with E-state index in [0.717, 1.165) is 4.47 Å². The third-order valence-corrected chi connectivity index (χ3v) is 2.63. The predicted molar refractivity (Wildman–Crippen MR) is 67.1 cm³/mol. The van der Waals surface area contributed by atoms with Gasteiger partial charge in [-0.25, -0.2) is 0 Å². The molecule has 2 atom stereocenters. The molecule has 2 unspecified atom stereocenters. The van der Waals surface area contributed by atoms with Crippen LogP contribution in [0.1, 0.15) is 25.5 Å². The molecule has 88 valence electrons. The maximum Gasteiger partial charge on any atom is 0.221 e. The number of rotatable bonds is 3. The van der Waals surface area contributed by atoms with Crippen molar-refractivity contribution in [3.8, 4) is 0 Å². The fourth-order valence-corrected chi connectivity index (χ4v) is 1.74. The molecule has 4 nitrogen and oxygen atoms in total. The molecule has 0 heterocycles. The number of benzene rings is 1. The van der Waals surface area contributed by atoms with E-state index in [-0.39, 0.29) is 5.91 Å². The van der Waals surface area contributed by atoms with E-state index in [9.17, 15) is 9.90 Å². The van der Waals surface area contributed by atoms with Gasteiger partial charge in [0.05, 0.1) is 6.10 Å². The normalized spacial score (nSPS) is 14.3. The summed E-state index contributed by atoms with van der Waals surface area (Å²) in [6.07, 6.45) is -0.806. The minimum atomic E-state index is -0.806. The minimum absolute atomic E-state index is 0.180. The SMILES string of the molecule is CC(=O)Nc1ccc(Br)cc1C(O)C(C)N. The molecule has 0 bridgehead atoms. The van der Waals surface area contributed by atoms with E-state index in [0.29, 0.717) is 11.3 Å². The van der Waals surface area contributed by atoms with Crippen molar-refractivity contribution < 1.29 is 9.90 Å². The van der Waals surface area contributed by atoms with Gasteiger partial charge >= 0.3 is 0 Å². The van der Waals surface area contributed by atoms with E-state index >= 15 is 0 Å². The Morgan fingerprint density at radius 1 is 1.56 bits per heavy atom. The summed E-state index contributed by atoms with van der Waals surface area (Å²) in [4.78, 5) is 11.0. The van der Waals surface area contributed by atoms with Gasteiger partial charge in [0.2, 0.25) is 5.91 Å². The highest BCUT2D eigenvalue weighted by Crippen LogP contribution is 2.28. The molecule has 5 heteroatoms. The van der Waals surface area contributed by atoms with Crippen molar-refractivity contribution in [2.24, 2.45) is 5.73 Å². The van der Waals surface area contributed by atoms with Gasteiger partial charge in [-0.05, 0) is 25.1 Å². The first-order valence-electron chi connectivity index (χ1n) is 4.92. The average Bonchev–Trinajstić information content (AvgIpc) is 2.18. The fraction of sp³-hybridized carbons (Fsp3) is 0.364. The number of nitrogens with two attached hydrogens (primary N) is 1. The van der Waals surface area contributed by atoms with Crippen LogP contribution in [0.5, 0.6) is 0 Å². The van der Waals surface area contributed by atoms with Crippen LogP contribution in [0.15, 0.2) is 22.7 Å². The predicted octanol–water partition coefficient (Wildman–Crippen LogP) is 1.79. The second kappa shape index (κ2) is 5.43. The zero-order valence-corrected chi connectivity index (χ0v) is 10.8. The van der Waals surface area contributed by atoms with Crippen LogP contribution >= 0.6 is 15.9 Å². The smallest absolute Gasteiger partial charge is 0.221 e. The van der Waals surface area contributed by atoms with Gasteiger partial charge in [-0.3, -0.25) is 4.79 Å². The Kier molecular flexibility index (Phi) is 4.46. The van der Waals surface area contributed by atoms with E-state index in [1.807, 2.05) is 0 Å². The number of aliphatic hydroxyl groups is 1. The van der Waals surface area contributed by atoms with Gasteiger partial charge in [-0.15, -0.1) is 0 Å². The summed E-state index contributed by atoms with van der Waals surface area (Å²) in [6.45, 7) is 3.13. The van der Waals surface area contributed by atoms with Gasteiger partial charge in [-0.1, -0.05) is 15.9 Å². The monoisotopic (exact) mass is 286 g/mol. The largest absolute Gasteiger partial charge is 0.387 e. The summed E-state index contributed by atoms with van der Waals surface area (Å²) in [5, 5.41) is 12.6. The van der Waals surface area contributed by atoms with Gasteiger partial charge < -0.3 is 16.2 Å². The lowest BCUT2D eigenvalue weighted by atomic mass is 10.0. The number of hydrogen-bond donors (Lipinski definition) is 3. The number of halogens is 1. The highest BCUT2D eigenvalue weighted by molar-refractivity contribution is 9.10. The average molecular weight is 287 g/mol. The summed E-state index contributed by atoms with van der Waals surface area (Å²) >= 11 is 3.32. The van der Waals surface area contributed by atoms with Crippen LogP contribution in [-0.4, -0.2) is 17.1 Å². The second-order valence-electron chi connectivity index (χ2n) is 3.72. The maximum atomic E-state index is 11.0. The molecule has 1 aromatic rings. The van der Waals surface area contributed by atoms with Gasteiger partial charge in [0.25, 0.3) is 0 Å². The molecule has 0 spiro atoms. The molecule has 0 aliphatic heterocycles. The zero-order chi connectivity index (χ0) is 12.3. The molecule has 0 saturated heterocycles. The first kappa shape index (κ1) is 13.2. The molecule has 1 amide bonds. The molecule has 4 N–H and O–H groups in total. The Hall–Kier alpha value is -0.910. The standard InChI is InChI=1S/C11H15BrN2O2/c1-6(13)11(16)9-5-8(12)3-4-10(9)14-7(2)15/h3-6,11,16H,13H2,1-2H3,(H,14,15). The van der Waals surface area contributed by atoms with Crippen LogP contribution in [-0.2, 0) is 4.79 Å². The molecule has 0 aromatic heterocycles. The van der Waals surface area contributed by atoms with Crippen molar-refractivity contribution >= 4 is 27.5 Å². The summed E-state index contributed by atoms with van der Waals surface area (Å²) in [5.41, 5.74) is 6.83. The molecule has 0 saturated carbocycles. The Morgan fingerprint density at radius 2 is 2.19 bits per heavy atom. The number of aliphatic hydroxyl groups excluding tert-OH is 1. The van der Waals surface area contributed by atoms with E-state index in [1.165, 1.54) is 6.92 Å². The van der Waals surface area contributed by atoms with Crippen molar-refractivity contribution in [3.05, 3.63) is 28.2 Å². The van der Waals surface area contributed by atoms with Crippen LogP contribution in [0.25, 0.3) is 0 Å². The molecule has 0 fully saturated rings. The van der Waals surface area contributed by atoms with Crippen LogP contribution in [0, 0.1) is 0 Å². The lowest BCUT2D eigenvalue weighted by Gasteiger charge is -2.19. The van der Waals surface area contributed by atoms with Crippen molar-refractivity contribution in [2.75, 3.05) is 5.32 Å². The Balaban J connectivity index is 3.12. The molecule has 1 rings (SSSR count). The Bertz CT molecular complexity index is 394. The van der Waals surface area contributed by atoms with Crippen molar-refractivity contribution in [2.45, 2.75) is 26.0 Å². The van der Waals surface area contributed by atoms with Gasteiger partial charge in [0.15, 0.2) is 0 Å². The minimum Gasteiger partial charge on any atom is -0.387 e. The number of hydrogen-bond acceptors (Lipinski definition) is 3. The molecule has 16 heavy (non-hydrogen) atoms. The first-order chi connectivity index (χ1) is 7.41. The van der Waals surface area contributed by atoms with Crippen molar-refractivity contribution in [1.29, 1.82) is 0 Å². The Labute approximate surface area is 103 Å². The quantitative estimate of drug-likeness (QED) is 0.793. The topological polar surface area (TPSA) is 75.3 Å². The molecule has 0 aliphatic carbocycles. The highest BCUT2D eigenvalue weighted by Gasteiger charge is 2.17. The molecular weight excluding hydrogens is 272 g/mol. The number of carbonyl (C=O) groups is 1. The maximum absolute atomic E-state index is 11.0. The summed E-state index contributed by atoms with van der Waals surface area (Å²) in [7, 11) is 0. The zero-order valence-electron chi connectivity index (χ0n) is 9.20. The van der Waals surface area contributed by atoms with Crippen LogP contribution in [0.3, 0.4) is 0 Å². The van der Waals surface area contributed by atoms with Crippen LogP contribution in [0.4, 0.5) is 5.69 Å². The second-order valence-corrected chi connectivity index (χ2v) is 4.63. The van der Waals surface area contributed by atoms with Crippen molar-refractivity contribution in [3.63, 3.8) is 0 Å². The number of nitrogens with one attached hydrogen (secondary N) is 1. The lowest BCUT2D eigenvalue weighted by molar-refractivity contribution is -0.114. The molecule has 1 aromatic carbocycles. The third-order valence-electron chi connectivity index (χ3n) is 2.14. The summed E-state index contributed by atoms with van der Waals surface area (Å²) < 4.78 is 0.830.